The quantitative estimate of drug-likeness (QED) is 0.650. The highest BCUT2D eigenvalue weighted by molar-refractivity contribution is 9.10. The molecule has 0 aromatic heterocycles. The fourth-order valence-corrected chi connectivity index (χ4v) is 2.44. The average Bonchev–Trinajstić information content (AvgIpc) is 2.65. The Hall–Kier alpha value is -0.580. The average molecular weight is 271 g/mol. The van der Waals surface area contributed by atoms with Crippen LogP contribution in [0.4, 0.5) is 0 Å². The molecule has 1 aliphatic rings. The van der Waals surface area contributed by atoms with E-state index in [2.05, 4.69) is 40.4 Å². The Kier molecular flexibility index (Phi) is 3.29. The summed E-state index contributed by atoms with van der Waals surface area (Å²) in [5, 5.41) is 0. The van der Waals surface area contributed by atoms with E-state index in [1.807, 2.05) is 0 Å². The fourth-order valence-electron chi connectivity index (χ4n) is 1.89. The number of hydrogen-bond acceptors (Lipinski definition) is 3. The van der Waals surface area contributed by atoms with Crippen LogP contribution in [0.3, 0.4) is 0 Å². The van der Waals surface area contributed by atoms with Gasteiger partial charge in [0.25, 0.3) is 0 Å². The molecule has 0 aliphatic carbocycles. The SMILES string of the molecule is CC(Cc1cc(Br)cc2c1OCC2)NN. The van der Waals surface area contributed by atoms with Crippen LogP contribution < -0.4 is 16.0 Å². The van der Waals surface area contributed by atoms with Crippen molar-refractivity contribution in [2.24, 2.45) is 5.84 Å². The van der Waals surface area contributed by atoms with Gasteiger partial charge in [0.1, 0.15) is 5.75 Å². The van der Waals surface area contributed by atoms with Crippen LogP contribution in [0.25, 0.3) is 0 Å². The Balaban J connectivity index is 2.30. The van der Waals surface area contributed by atoms with E-state index in [1.54, 1.807) is 0 Å². The number of nitrogens with two attached hydrogens (primary N) is 1. The first-order valence-electron chi connectivity index (χ1n) is 5.11. The lowest BCUT2D eigenvalue weighted by Crippen LogP contribution is -2.34. The first-order valence-corrected chi connectivity index (χ1v) is 5.90. The van der Waals surface area contributed by atoms with Crippen molar-refractivity contribution in [1.82, 2.24) is 5.43 Å². The van der Waals surface area contributed by atoms with Gasteiger partial charge in [0.15, 0.2) is 0 Å². The second-order valence-electron chi connectivity index (χ2n) is 3.92. The van der Waals surface area contributed by atoms with Crippen molar-refractivity contribution in [3.63, 3.8) is 0 Å². The highest BCUT2D eigenvalue weighted by atomic mass is 79.9. The van der Waals surface area contributed by atoms with Crippen molar-refractivity contribution >= 4 is 15.9 Å². The number of ether oxygens (including phenoxy) is 1. The van der Waals surface area contributed by atoms with Gasteiger partial charge in [0.05, 0.1) is 6.61 Å². The summed E-state index contributed by atoms with van der Waals surface area (Å²) >= 11 is 3.52. The van der Waals surface area contributed by atoms with Gasteiger partial charge >= 0.3 is 0 Å². The monoisotopic (exact) mass is 270 g/mol. The topological polar surface area (TPSA) is 47.3 Å². The number of fused-ring (bicyclic) bond motifs is 1. The summed E-state index contributed by atoms with van der Waals surface area (Å²) in [6, 6.07) is 4.50. The normalized spacial score (nSPS) is 15.9. The fraction of sp³-hybridized carbons (Fsp3) is 0.455. The van der Waals surface area contributed by atoms with Crippen LogP contribution >= 0.6 is 15.9 Å². The third-order valence-corrected chi connectivity index (χ3v) is 3.09. The molecule has 2 rings (SSSR count). The maximum absolute atomic E-state index is 5.64. The van der Waals surface area contributed by atoms with E-state index < -0.39 is 0 Å². The van der Waals surface area contributed by atoms with Crippen molar-refractivity contribution in [3.05, 3.63) is 27.7 Å². The van der Waals surface area contributed by atoms with E-state index >= 15 is 0 Å². The van der Waals surface area contributed by atoms with Crippen LogP contribution in [0.5, 0.6) is 5.75 Å². The van der Waals surface area contributed by atoms with Crippen LogP contribution in [0.15, 0.2) is 16.6 Å². The molecule has 1 unspecified atom stereocenters. The summed E-state index contributed by atoms with van der Waals surface area (Å²) in [7, 11) is 0. The molecule has 1 aliphatic heterocycles. The molecule has 82 valence electrons. The number of hydrazine groups is 1. The van der Waals surface area contributed by atoms with E-state index in [0.29, 0.717) is 0 Å². The minimum atomic E-state index is 0.257. The highest BCUT2D eigenvalue weighted by Gasteiger charge is 2.18. The molecule has 1 aromatic carbocycles. The summed E-state index contributed by atoms with van der Waals surface area (Å²) in [5.74, 6) is 6.46. The molecule has 1 aromatic rings. The second-order valence-corrected chi connectivity index (χ2v) is 4.84. The Labute approximate surface area is 98.1 Å². The summed E-state index contributed by atoms with van der Waals surface area (Å²) in [5.41, 5.74) is 5.27. The lowest BCUT2D eigenvalue weighted by atomic mass is 10.0. The zero-order valence-corrected chi connectivity index (χ0v) is 10.3. The van der Waals surface area contributed by atoms with Crippen LogP contribution in [0.2, 0.25) is 0 Å². The van der Waals surface area contributed by atoms with Crippen LogP contribution in [-0.4, -0.2) is 12.6 Å². The highest BCUT2D eigenvalue weighted by Crippen LogP contribution is 2.33. The van der Waals surface area contributed by atoms with Crippen LogP contribution in [0.1, 0.15) is 18.1 Å². The molecule has 0 saturated heterocycles. The summed E-state index contributed by atoms with van der Waals surface area (Å²) < 4.78 is 6.76. The molecule has 0 radical (unpaired) electrons. The molecule has 4 heteroatoms. The maximum Gasteiger partial charge on any atom is 0.125 e. The molecule has 1 heterocycles. The van der Waals surface area contributed by atoms with Crippen LogP contribution in [-0.2, 0) is 12.8 Å². The van der Waals surface area contributed by atoms with Gasteiger partial charge in [0.2, 0.25) is 0 Å². The van der Waals surface area contributed by atoms with Gasteiger partial charge in [-0.05, 0) is 36.6 Å². The summed E-state index contributed by atoms with van der Waals surface area (Å²) in [4.78, 5) is 0. The molecule has 0 saturated carbocycles. The summed E-state index contributed by atoms with van der Waals surface area (Å²) in [6.45, 7) is 2.85. The van der Waals surface area contributed by atoms with E-state index in [0.717, 1.165) is 29.7 Å². The predicted molar refractivity (Wildman–Crippen MR) is 63.8 cm³/mol. The first-order chi connectivity index (χ1) is 7.20. The first kappa shape index (κ1) is 10.9. The van der Waals surface area contributed by atoms with E-state index in [-0.39, 0.29) is 6.04 Å². The van der Waals surface area contributed by atoms with Crippen molar-refractivity contribution in [2.45, 2.75) is 25.8 Å². The van der Waals surface area contributed by atoms with Gasteiger partial charge in [-0.3, -0.25) is 11.3 Å². The van der Waals surface area contributed by atoms with Crippen molar-refractivity contribution < 1.29 is 4.74 Å². The Morgan fingerprint density at radius 3 is 3.13 bits per heavy atom. The number of benzene rings is 1. The van der Waals surface area contributed by atoms with E-state index in [9.17, 15) is 0 Å². The minimum Gasteiger partial charge on any atom is -0.493 e. The molecular formula is C11H15BrN2O. The molecule has 0 fully saturated rings. The number of halogens is 1. The molecule has 1 atom stereocenters. The lowest BCUT2D eigenvalue weighted by molar-refractivity contribution is 0.352. The van der Waals surface area contributed by atoms with Crippen molar-refractivity contribution in [1.29, 1.82) is 0 Å². The Morgan fingerprint density at radius 2 is 2.40 bits per heavy atom. The van der Waals surface area contributed by atoms with Gasteiger partial charge < -0.3 is 4.74 Å². The Bertz CT molecular complexity index is 368. The van der Waals surface area contributed by atoms with Crippen molar-refractivity contribution in [2.75, 3.05) is 6.61 Å². The van der Waals surface area contributed by atoms with Gasteiger partial charge in [0, 0.05) is 16.9 Å². The maximum atomic E-state index is 5.64. The van der Waals surface area contributed by atoms with Crippen molar-refractivity contribution in [3.8, 4) is 5.75 Å². The smallest absolute Gasteiger partial charge is 0.125 e. The Morgan fingerprint density at radius 1 is 1.60 bits per heavy atom. The second kappa shape index (κ2) is 4.51. The predicted octanol–water partition coefficient (Wildman–Crippen LogP) is 1.78. The summed E-state index contributed by atoms with van der Waals surface area (Å²) in [6.07, 6.45) is 1.89. The third-order valence-electron chi connectivity index (χ3n) is 2.64. The zero-order chi connectivity index (χ0) is 10.8. The van der Waals surface area contributed by atoms with Gasteiger partial charge in [-0.15, -0.1) is 0 Å². The third kappa shape index (κ3) is 2.33. The molecule has 3 N–H and O–H groups in total. The lowest BCUT2D eigenvalue weighted by Gasteiger charge is -2.13. The van der Waals surface area contributed by atoms with E-state index in [1.165, 1.54) is 11.1 Å². The molecule has 0 spiro atoms. The molecular weight excluding hydrogens is 256 g/mol. The van der Waals surface area contributed by atoms with Gasteiger partial charge in [-0.25, -0.2) is 0 Å². The number of nitrogens with one attached hydrogen (secondary N) is 1. The zero-order valence-electron chi connectivity index (χ0n) is 8.72. The van der Waals surface area contributed by atoms with E-state index in [4.69, 9.17) is 10.6 Å². The largest absolute Gasteiger partial charge is 0.493 e. The van der Waals surface area contributed by atoms with Gasteiger partial charge in [-0.2, -0.15) is 0 Å². The minimum absolute atomic E-state index is 0.257. The van der Waals surface area contributed by atoms with Gasteiger partial charge in [-0.1, -0.05) is 15.9 Å². The standard InChI is InChI=1S/C11H15BrN2O/c1-7(14-13)4-9-6-10(12)5-8-2-3-15-11(8)9/h5-7,14H,2-4,13H2,1H3. The number of rotatable bonds is 3. The molecule has 15 heavy (non-hydrogen) atoms. The number of hydrogen-bond donors (Lipinski definition) is 2. The molecule has 0 amide bonds. The molecule has 0 bridgehead atoms. The van der Waals surface area contributed by atoms with Crippen LogP contribution in [0, 0.1) is 0 Å². The molecule has 3 nitrogen and oxygen atoms in total.